The number of benzene rings is 2. The monoisotopic (exact) mass is 372 g/mol. The molecule has 0 saturated carbocycles. The van der Waals surface area contributed by atoms with Gasteiger partial charge < -0.3 is 5.11 Å². The van der Waals surface area contributed by atoms with Crippen LogP contribution in [-0.4, -0.2) is 24.9 Å². The molecule has 0 saturated heterocycles. The molecule has 1 N–H and O–H groups in total. The number of sulfone groups is 1. The van der Waals surface area contributed by atoms with Gasteiger partial charge in [-0.15, -0.1) is 0 Å². The highest BCUT2D eigenvalue weighted by molar-refractivity contribution is 7.92. The third kappa shape index (κ3) is 5.55. The van der Waals surface area contributed by atoms with Crippen LogP contribution in [0.15, 0.2) is 71.6 Å². The van der Waals surface area contributed by atoms with Gasteiger partial charge in [0.1, 0.15) is 5.25 Å². The lowest BCUT2D eigenvalue weighted by Crippen LogP contribution is -2.33. The Balaban J connectivity index is 2.25. The third-order valence-electron chi connectivity index (χ3n) is 4.34. The molecule has 2 atom stereocenters. The van der Waals surface area contributed by atoms with Crippen molar-refractivity contribution in [3.63, 3.8) is 0 Å². The smallest absolute Gasteiger partial charge is 0.187 e. The molecule has 0 radical (unpaired) electrons. The molecule has 0 aliphatic carbocycles. The summed E-state index contributed by atoms with van der Waals surface area (Å²) in [6.07, 6.45) is 3.56. The molecule has 0 amide bonds. The van der Waals surface area contributed by atoms with E-state index in [1.54, 1.807) is 30.3 Å². The van der Waals surface area contributed by atoms with Crippen molar-refractivity contribution in [2.24, 2.45) is 5.92 Å². The van der Waals surface area contributed by atoms with Gasteiger partial charge in [0.05, 0.1) is 11.0 Å². The molecule has 3 nitrogen and oxygen atoms in total. The molecule has 0 spiro atoms. The fraction of sp³-hybridized carbons (Fsp3) is 0.364. The Morgan fingerprint density at radius 2 is 1.58 bits per heavy atom. The van der Waals surface area contributed by atoms with Crippen molar-refractivity contribution >= 4 is 9.84 Å². The lowest BCUT2D eigenvalue weighted by atomic mass is 10.0. The highest BCUT2D eigenvalue weighted by atomic mass is 32.2. The summed E-state index contributed by atoms with van der Waals surface area (Å²) in [7, 11) is -3.65. The Hall–Kier alpha value is -1.91. The van der Waals surface area contributed by atoms with Crippen LogP contribution in [0.4, 0.5) is 0 Å². The Morgan fingerprint density at radius 3 is 2.15 bits per heavy atom. The molecule has 0 aromatic heterocycles. The number of hydrogen-bond acceptors (Lipinski definition) is 3. The van der Waals surface area contributed by atoms with Crippen LogP contribution < -0.4 is 0 Å². The molecule has 2 aromatic rings. The van der Waals surface area contributed by atoms with Gasteiger partial charge >= 0.3 is 0 Å². The van der Waals surface area contributed by atoms with Gasteiger partial charge in [-0.1, -0.05) is 74.0 Å². The molecule has 0 fully saturated rings. The van der Waals surface area contributed by atoms with Crippen molar-refractivity contribution in [3.8, 4) is 0 Å². The van der Waals surface area contributed by atoms with E-state index in [9.17, 15) is 13.5 Å². The summed E-state index contributed by atoms with van der Waals surface area (Å²) in [5.41, 5.74) is 2.09. The second-order valence-electron chi connectivity index (χ2n) is 7.04. The standard InChI is InChI=1S/C22H28O3S/c1-17(2)9-16-22(21(23)15-12-19-7-5-4-6-8-19)26(24,25)20-13-10-18(3)11-14-20/h4-11,13-14,16-17,21-23H,12,15H2,1-3H3/b16-9+. The zero-order valence-electron chi connectivity index (χ0n) is 15.7. The quantitative estimate of drug-likeness (QED) is 0.701. The van der Waals surface area contributed by atoms with E-state index in [0.29, 0.717) is 12.8 Å². The van der Waals surface area contributed by atoms with Crippen molar-refractivity contribution in [1.82, 2.24) is 0 Å². The summed E-state index contributed by atoms with van der Waals surface area (Å²) in [6.45, 7) is 5.89. The van der Waals surface area contributed by atoms with Gasteiger partial charge in [-0.3, -0.25) is 0 Å². The lowest BCUT2D eigenvalue weighted by Gasteiger charge is -2.21. The highest BCUT2D eigenvalue weighted by Gasteiger charge is 2.31. The van der Waals surface area contributed by atoms with E-state index in [1.807, 2.05) is 57.2 Å². The topological polar surface area (TPSA) is 54.4 Å². The zero-order chi connectivity index (χ0) is 19.2. The average Bonchev–Trinajstić information content (AvgIpc) is 2.61. The fourth-order valence-corrected chi connectivity index (χ4v) is 4.46. The first-order valence-electron chi connectivity index (χ1n) is 9.01. The Bertz CT molecular complexity index is 806. The molecule has 26 heavy (non-hydrogen) atoms. The Labute approximate surface area is 157 Å². The summed E-state index contributed by atoms with van der Waals surface area (Å²) in [5.74, 6) is 0.215. The van der Waals surface area contributed by atoms with E-state index in [1.165, 1.54) is 0 Å². The lowest BCUT2D eigenvalue weighted by molar-refractivity contribution is 0.170. The normalized spacial score (nSPS) is 14.7. The van der Waals surface area contributed by atoms with E-state index < -0.39 is 21.2 Å². The molecule has 2 aromatic carbocycles. The molecule has 140 valence electrons. The number of allylic oxidation sites excluding steroid dienone is 1. The van der Waals surface area contributed by atoms with Gasteiger partial charge in [0.2, 0.25) is 0 Å². The van der Waals surface area contributed by atoms with Crippen molar-refractivity contribution in [1.29, 1.82) is 0 Å². The maximum Gasteiger partial charge on any atom is 0.187 e. The SMILES string of the molecule is Cc1ccc(S(=O)(=O)C(/C=C/C(C)C)C(O)CCc2ccccc2)cc1. The van der Waals surface area contributed by atoms with Crippen LogP contribution in [0.3, 0.4) is 0 Å². The van der Waals surface area contributed by atoms with Crippen molar-refractivity contribution in [3.05, 3.63) is 77.9 Å². The van der Waals surface area contributed by atoms with Gasteiger partial charge in [0.25, 0.3) is 0 Å². The predicted octanol–water partition coefficient (Wildman–Crippen LogP) is 4.34. The van der Waals surface area contributed by atoms with E-state index in [0.717, 1.165) is 11.1 Å². The summed E-state index contributed by atoms with van der Waals surface area (Å²) in [5, 5.41) is 9.76. The first kappa shape index (κ1) is 20.4. The number of rotatable bonds is 8. The largest absolute Gasteiger partial charge is 0.391 e. The molecule has 0 aliphatic rings. The molecule has 2 unspecified atom stereocenters. The van der Waals surface area contributed by atoms with Crippen LogP contribution in [0.2, 0.25) is 0 Å². The van der Waals surface area contributed by atoms with E-state index >= 15 is 0 Å². The minimum absolute atomic E-state index is 0.215. The van der Waals surface area contributed by atoms with Crippen molar-refractivity contribution in [2.45, 2.75) is 49.9 Å². The van der Waals surface area contributed by atoms with Gasteiger partial charge in [0.15, 0.2) is 9.84 Å². The summed E-state index contributed by atoms with van der Waals surface area (Å²) in [4.78, 5) is 0.250. The molecule has 0 heterocycles. The summed E-state index contributed by atoms with van der Waals surface area (Å²) >= 11 is 0. The number of aryl methyl sites for hydroxylation is 2. The van der Waals surface area contributed by atoms with Crippen LogP contribution in [0.25, 0.3) is 0 Å². The zero-order valence-corrected chi connectivity index (χ0v) is 16.5. The summed E-state index contributed by atoms with van der Waals surface area (Å²) in [6, 6.07) is 16.6. The fourth-order valence-electron chi connectivity index (χ4n) is 2.78. The van der Waals surface area contributed by atoms with Crippen LogP contribution in [0.5, 0.6) is 0 Å². The van der Waals surface area contributed by atoms with E-state index in [2.05, 4.69) is 0 Å². The average molecular weight is 373 g/mol. The van der Waals surface area contributed by atoms with Crippen molar-refractivity contribution in [2.75, 3.05) is 0 Å². The second kappa shape index (κ2) is 9.15. The number of aliphatic hydroxyl groups excluding tert-OH is 1. The predicted molar refractivity (Wildman–Crippen MR) is 107 cm³/mol. The number of hydrogen-bond donors (Lipinski definition) is 1. The van der Waals surface area contributed by atoms with Crippen molar-refractivity contribution < 1.29 is 13.5 Å². The number of aliphatic hydroxyl groups is 1. The third-order valence-corrected chi connectivity index (χ3v) is 6.46. The minimum atomic E-state index is -3.65. The van der Waals surface area contributed by atoms with Crippen LogP contribution in [0.1, 0.15) is 31.4 Å². The highest BCUT2D eigenvalue weighted by Crippen LogP contribution is 2.23. The molecule has 2 rings (SSSR count). The van der Waals surface area contributed by atoms with Crippen LogP contribution in [0, 0.1) is 12.8 Å². The maximum absolute atomic E-state index is 13.1. The maximum atomic E-state index is 13.1. The second-order valence-corrected chi connectivity index (χ2v) is 9.15. The molecular formula is C22H28O3S. The summed E-state index contributed by atoms with van der Waals surface area (Å²) < 4.78 is 26.2. The minimum Gasteiger partial charge on any atom is -0.391 e. The Morgan fingerprint density at radius 1 is 0.962 bits per heavy atom. The van der Waals surface area contributed by atoms with E-state index in [4.69, 9.17) is 0 Å². The first-order chi connectivity index (χ1) is 12.3. The molecular weight excluding hydrogens is 344 g/mol. The van der Waals surface area contributed by atoms with Gasteiger partial charge in [-0.25, -0.2) is 8.42 Å². The molecule has 0 bridgehead atoms. The van der Waals surface area contributed by atoms with Crippen LogP contribution in [-0.2, 0) is 16.3 Å². The van der Waals surface area contributed by atoms with Gasteiger partial charge in [0, 0.05) is 0 Å². The molecule has 0 aliphatic heterocycles. The molecule has 4 heteroatoms. The van der Waals surface area contributed by atoms with Gasteiger partial charge in [-0.2, -0.15) is 0 Å². The first-order valence-corrected chi connectivity index (χ1v) is 10.6. The Kier molecular flexibility index (Phi) is 7.18. The van der Waals surface area contributed by atoms with E-state index in [-0.39, 0.29) is 10.8 Å². The van der Waals surface area contributed by atoms with Crippen LogP contribution >= 0.6 is 0 Å². The van der Waals surface area contributed by atoms with Gasteiger partial charge in [-0.05, 0) is 43.4 Å².